The normalized spacial score (nSPS) is 11.7. The van der Waals surface area contributed by atoms with Gasteiger partial charge in [-0.05, 0) is 41.7 Å². The van der Waals surface area contributed by atoms with Crippen molar-refractivity contribution in [2.45, 2.75) is 19.3 Å². The molecule has 0 aliphatic heterocycles. The van der Waals surface area contributed by atoms with Gasteiger partial charge in [-0.1, -0.05) is 109 Å². The molecule has 0 saturated carbocycles. The minimum atomic E-state index is -0.474. The molecule has 0 bridgehead atoms. The molecule has 0 aromatic heterocycles. The molecule has 0 atom stereocenters. The minimum Gasteiger partial charge on any atom is -0.259 e. The largest absolute Gasteiger partial charge is 0.259 e. The zero-order chi connectivity index (χ0) is 20.1. The molecule has 0 saturated heterocycles. The highest BCUT2D eigenvalue weighted by Gasteiger charge is 2.34. The summed E-state index contributed by atoms with van der Waals surface area (Å²) in [4.78, 5) is 5.08. The second kappa shape index (κ2) is 8.28. The van der Waals surface area contributed by atoms with Crippen LogP contribution in [0.4, 0.5) is 5.69 Å². The number of aliphatic imine (C=N–C) groups is 1. The molecule has 142 valence electrons. The molecule has 0 heterocycles. The molecule has 0 spiro atoms. The van der Waals surface area contributed by atoms with E-state index in [1.165, 1.54) is 27.8 Å². The molecular weight excluding hydrogens is 350 g/mol. The van der Waals surface area contributed by atoms with Crippen LogP contribution in [0.15, 0.2) is 114 Å². The molecular formula is C28H25N. The molecule has 4 aromatic carbocycles. The lowest BCUT2D eigenvalue weighted by atomic mass is 9.70. The van der Waals surface area contributed by atoms with Crippen molar-refractivity contribution in [3.63, 3.8) is 0 Å². The number of hydrogen-bond donors (Lipinski definition) is 0. The molecule has 0 amide bonds. The first-order valence-corrected chi connectivity index (χ1v) is 10.00. The standard InChI is InChI=1S/C28H25N/c1-22-13-12-14-23(2)27(22)29-21-28(24-15-6-3-7-16-24,25-17-8-4-9-18-25)26-19-10-5-11-20-26/h3-21H,1-2H3. The lowest BCUT2D eigenvalue weighted by Crippen LogP contribution is -2.31. The van der Waals surface area contributed by atoms with Crippen LogP contribution in [0.5, 0.6) is 0 Å². The Bertz CT molecular complexity index is 980. The van der Waals surface area contributed by atoms with Gasteiger partial charge in [-0.25, -0.2) is 0 Å². The summed E-state index contributed by atoms with van der Waals surface area (Å²) in [6, 6.07) is 38.3. The fourth-order valence-corrected chi connectivity index (χ4v) is 4.00. The minimum absolute atomic E-state index is 0.474. The van der Waals surface area contributed by atoms with Crippen molar-refractivity contribution in [2.75, 3.05) is 0 Å². The molecule has 0 radical (unpaired) electrons. The van der Waals surface area contributed by atoms with Gasteiger partial charge in [0.05, 0.1) is 11.1 Å². The molecule has 0 aliphatic carbocycles. The van der Waals surface area contributed by atoms with Crippen LogP contribution in [0.1, 0.15) is 27.8 Å². The zero-order valence-electron chi connectivity index (χ0n) is 16.9. The van der Waals surface area contributed by atoms with Gasteiger partial charge in [0.25, 0.3) is 0 Å². The number of benzene rings is 4. The molecule has 0 unspecified atom stereocenters. The lowest BCUT2D eigenvalue weighted by Gasteiger charge is -2.32. The van der Waals surface area contributed by atoms with Crippen LogP contribution >= 0.6 is 0 Å². The fraction of sp³-hybridized carbons (Fsp3) is 0.107. The summed E-state index contributed by atoms with van der Waals surface area (Å²) in [5, 5.41) is 0. The molecule has 0 N–H and O–H groups in total. The Morgan fingerprint density at radius 1 is 0.517 bits per heavy atom. The van der Waals surface area contributed by atoms with E-state index in [-0.39, 0.29) is 0 Å². The van der Waals surface area contributed by atoms with Crippen LogP contribution in [-0.4, -0.2) is 6.21 Å². The highest BCUT2D eigenvalue weighted by Crippen LogP contribution is 2.38. The van der Waals surface area contributed by atoms with Gasteiger partial charge in [0.2, 0.25) is 0 Å². The molecule has 0 fully saturated rings. The monoisotopic (exact) mass is 375 g/mol. The van der Waals surface area contributed by atoms with Gasteiger partial charge < -0.3 is 0 Å². The molecule has 4 aromatic rings. The molecule has 1 nitrogen and oxygen atoms in total. The fourth-order valence-electron chi connectivity index (χ4n) is 4.00. The summed E-state index contributed by atoms with van der Waals surface area (Å²) in [5.74, 6) is 0. The van der Waals surface area contributed by atoms with Gasteiger partial charge in [0, 0.05) is 6.21 Å². The van der Waals surface area contributed by atoms with Crippen LogP contribution < -0.4 is 0 Å². The first-order chi connectivity index (χ1) is 14.2. The van der Waals surface area contributed by atoms with Crippen molar-refractivity contribution in [1.82, 2.24) is 0 Å². The maximum absolute atomic E-state index is 5.08. The summed E-state index contributed by atoms with van der Waals surface area (Å²) in [6.07, 6.45) is 2.13. The van der Waals surface area contributed by atoms with E-state index in [4.69, 9.17) is 4.99 Å². The van der Waals surface area contributed by atoms with E-state index in [2.05, 4.69) is 129 Å². The number of nitrogens with zero attached hydrogens (tertiary/aromatic N) is 1. The summed E-state index contributed by atoms with van der Waals surface area (Å²) in [5.41, 5.74) is 6.54. The van der Waals surface area contributed by atoms with E-state index in [1.54, 1.807) is 0 Å². The maximum Gasteiger partial charge on any atom is 0.0804 e. The Morgan fingerprint density at radius 2 is 0.897 bits per heavy atom. The Morgan fingerprint density at radius 3 is 1.28 bits per heavy atom. The van der Waals surface area contributed by atoms with Crippen molar-refractivity contribution in [3.8, 4) is 0 Å². The first kappa shape index (κ1) is 18.9. The van der Waals surface area contributed by atoms with Crippen LogP contribution in [0.2, 0.25) is 0 Å². The van der Waals surface area contributed by atoms with Crippen molar-refractivity contribution in [1.29, 1.82) is 0 Å². The highest BCUT2D eigenvalue weighted by atomic mass is 14.7. The Balaban J connectivity index is 2.02. The Labute approximate surface area is 173 Å². The topological polar surface area (TPSA) is 12.4 Å². The second-order valence-electron chi connectivity index (χ2n) is 7.40. The van der Waals surface area contributed by atoms with Crippen molar-refractivity contribution >= 4 is 11.9 Å². The third-order valence-electron chi connectivity index (χ3n) is 5.51. The van der Waals surface area contributed by atoms with Crippen molar-refractivity contribution < 1.29 is 0 Å². The van der Waals surface area contributed by atoms with E-state index < -0.39 is 5.41 Å². The summed E-state index contributed by atoms with van der Waals surface area (Å²) in [7, 11) is 0. The predicted octanol–water partition coefficient (Wildman–Crippen LogP) is 7.04. The Kier molecular flexibility index (Phi) is 5.39. The molecule has 4 rings (SSSR count). The van der Waals surface area contributed by atoms with Gasteiger partial charge >= 0.3 is 0 Å². The molecule has 0 aliphatic rings. The SMILES string of the molecule is Cc1cccc(C)c1N=CC(c1ccccc1)(c1ccccc1)c1ccccc1. The smallest absolute Gasteiger partial charge is 0.0804 e. The lowest BCUT2D eigenvalue weighted by molar-refractivity contribution is 0.846. The summed E-state index contributed by atoms with van der Waals surface area (Å²) < 4.78 is 0. The first-order valence-electron chi connectivity index (χ1n) is 10.00. The number of rotatable bonds is 5. The van der Waals surface area contributed by atoms with Crippen molar-refractivity contribution in [3.05, 3.63) is 137 Å². The average molecular weight is 376 g/mol. The van der Waals surface area contributed by atoms with Gasteiger partial charge in [-0.2, -0.15) is 0 Å². The van der Waals surface area contributed by atoms with Crippen LogP contribution in [0.3, 0.4) is 0 Å². The van der Waals surface area contributed by atoms with Crippen molar-refractivity contribution in [2.24, 2.45) is 4.99 Å². The van der Waals surface area contributed by atoms with Crippen LogP contribution in [0, 0.1) is 13.8 Å². The van der Waals surface area contributed by atoms with E-state index in [9.17, 15) is 0 Å². The number of hydrogen-bond acceptors (Lipinski definition) is 1. The average Bonchev–Trinajstić information content (AvgIpc) is 2.78. The number of aryl methyl sites for hydroxylation is 2. The predicted molar refractivity (Wildman–Crippen MR) is 123 cm³/mol. The van der Waals surface area contributed by atoms with Crippen LogP contribution in [-0.2, 0) is 5.41 Å². The third kappa shape index (κ3) is 3.64. The number of para-hydroxylation sites is 1. The molecule has 29 heavy (non-hydrogen) atoms. The maximum atomic E-state index is 5.08. The second-order valence-corrected chi connectivity index (χ2v) is 7.40. The van der Waals surface area contributed by atoms with Crippen LogP contribution in [0.25, 0.3) is 0 Å². The van der Waals surface area contributed by atoms with E-state index in [0.717, 1.165) is 5.69 Å². The summed E-state index contributed by atoms with van der Waals surface area (Å²) >= 11 is 0. The van der Waals surface area contributed by atoms with E-state index >= 15 is 0 Å². The van der Waals surface area contributed by atoms with Gasteiger partial charge in [-0.15, -0.1) is 0 Å². The van der Waals surface area contributed by atoms with E-state index in [1.807, 2.05) is 0 Å². The van der Waals surface area contributed by atoms with Gasteiger partial charge in [0.15, 0.2) is 0 Å². The quantitative estimate of drug-likeness (QED) is 0.262. The van der Waals surface area contributed by atoms with E-state index in [0.29, 0.717) is 0 Å². The zero-order valence-corrected chi connectivity index (χ0v) is 16.9. The Hall–Kier alpha value is -3.45. The summed E-state index contributed by atoms with van der Waals surface area (Å²) in [6.45, 7) is 4.24. The highest BCUT2D eigenvalue weighted by molar-refractivity contribution is 5.87. The van der Waals surface area contributed by atoms with Gasteiger partial charge in [0.1, 0.15) is 0 Å². The third-order valence-corrected chi connectivity index (χ3v) is 5.51. The molecule has 1 heteroatoms. The van der Waals surface area contributed by atoms with Gasteiger partial charge in [-0.3, -0.25) is 4.99 Å².